The van der Waals surface area contributed by atoms with Crippen LogP contribution in [-0.4, -0.2) is 19.6 Å². The van der Waals surface area contributed by atoms with Crippen LogP contribution in [0.15, 0.2) is 48.5 Å². The molecule has 0 aromatic heterocycles. The molecule has 3 rings (SSSR count). The van der Waals surface area contributed by atoms with Gasteiger partial charge < -0.3 is 15.0 Å². The highest BCUT2D eigenvalue weighted by molar-refractivity contribution is 5.93. The minimum Gasteiger partial charge on any atom is -0.465 e. The van der Waals surface area contributed by atoms with Crippen LogP contribution >= 0.6 is 0 Å². The zero-order chi connectivity index (χ0) is 16.2. The first-order valence-electron chi connectivity index (χ1n) is 8.05. The lowest BCUT2D eigenvalue weighted by Gasteiger charge is -2.27. The first-order chi connectivity index (χ1) is 11.2. The van der Waals surface area contributed by atoms with Gasteiger partial charge in [-0.05, 0) is 30.2 Å². The Hall–Kier alpha value is -2.49. The largest absolute Gasteiger partial charge is 0.465 e. The van der Waals surface area contributed by atoms with Crippen LogP contribution in [0, 0.1) is 0 Å². The number of hydrogen-bond donors (Lipinski definition) is 1. The van der Waals surface area contributed by atoms with Gasteiger partial charge in [-0.3, -0.25) is 0 Å². The summed E-state index contributed by atoms with van der Waals surface area (Å²) in [7, 11) is 1.41. The van der Waals surface area contributed by atoms with Crippen molar-refractivity contribution >= 4 is 17.3 Å². The van der Waals surface area contributed by atoms with Gasteiger partial charge in [0, 0.05) is 6.54 Å². The Morgan fingerprint density at radius 2 is 2.00 bits per heavy atom. The molecule has 0 fully saturated rings. The summed E-state index contributed by atoms with van der Waals surface area (Å²) in [6.45, 7) is 3.18. The molecule has 0 aliphatic carbocycles. The topological polar surface area (TPSA) is 41.6 Å². The Bertz CT molecular complexity index is 685. The molecule has 1 N–H and O–H groups in total. The monoisotopic (exact) mass is 310 g/mol. The lowest BCUT2D eigenvalue weighted by atomic mass is 10.1. The van der Waals surface area contributed by atoms with Crippen molar-refractivity contribution in [1.82, 2.24) is 0 Å². The fourth-order valence-electron chi connectivity index (χ4n) is 2.99. The molecule has 4 nitrogen and oxygen atoms in total. The van der Waals surface area contributed by atoms with Crippen LogP contribution in [-0.2, 0) is 4.74 Å². The van der Waals surface area contributed by atoms with Gasteiger partial charge in [0.25, 0.3) is 0 Å². The van der Waals surface area contributed by atoms with E-state index in [1.165, 1.54) is 12.7 Å². The minimum atomic E-state index is -0.308. The molecule has 1 heterocycles. The number of carbonyl (C=O) groups is 1. The van der Waals surface area contributed by atoms with E-state index in [0.29, 0.717) is 5.56 Å². The highest BCUT2D eigenvalue weighted by atomic mass is 16.5. The molecule has 1 atom stereocenters. The second kappa shape index (κ2) is 6.73. The number of carbonyl (C=O) groups excluding carboxylic acids is 1. The number of ether oxygens (including phenoxy) is 1. The molecule has 0 radical (unpaired) electrons. The van der Waals surface area contributed by atoms with Gasteiger partial charge in [0.05, 0.1) is 24.0 Å². The molecule has 1 unspecified atom stereocenters. The highest BCUT2D eigenvalue weighted by Gasteiger charge is 2.30. The molecule has 23 heavy (non-hydrogen) atoms. The van der Waals surface area contributed by atoms with E-state index >= 15 is 0 Å². The molecular formula is C19H22N2O2. The van der Waals surface area contributed by atoms with Crippen molar-refractivity contribution in [3.63, 3.8) is 0 Å². The fraction of sp³-hybridized carbons (Fsp3) is 0.316. The number of hydrogen-bond acceptors (Lipinski definition) is 4. The predicted molar refractivity (Wildman–Crippen MR) is 92.8 cm³/mol. The second-order valence-corrected chi connectivity index (χ2v) is 5.73. The van der Waals surface area contributed by atoms with Crippen LogP contribution in [0.3, 0.4) is 0 Å². The van der Waals surface area contributed by atoms with Gasteiger partial charge in [-0.2, -0.15) is 0 Å². The molecule has 2 aromatic rings. The molecule has 0 saturated carbocycles. The molecule has 2 aromatic carbocycles. The molecule has 4 heteroatoms. The maximum Gasteiger partial charge on any atom is 0.337 e. The third-order valence-corrected chi connectivity index (χ3v) is 4.20. The number of benzene rings is 2. The number of fused-ring (bicyclic) bond motifs is 1. The Morgan fingerprint density at radius 1 is 1.22 bits per heavy atom. The van der Waals surface area contributed by atoms with Crippen molar-refractivity contribution in [1.29, 1.82) is 0 Å². The molecule has 1 aliphatic heterocycles. The van der Waals surface area contributed by atoms with Gasteiger partial charge in [0.1, 0.15) is 6.17 Å². The number of unbranched alkanes of at least 4 members (excludes halogenated alkanes) is 1. The van der Waals surface area contributed by atoms with Gasteiger partial charge >= 0.3 is 5.97 Å². The fourth-order valence-corrected chi connectivity index (χ4v) is 2.99. The Morgan fingerprint density at radius 3 is 2.70 bits per heavy atom. The van der Waals surface area contributed by atoms with Crippen LogP contribution in [0.2, 0.25) is 0 Å². The van der Waals surface area contributed by atoms with Crippen molar-refractivity contribution in [3.8, 4) is 0 Å². The highest BCUT2D eigenvalue weighted by Crippen LogP contribution is 2.41. The van der Waals surface area contributed by atoms with Gasteiger partial charge in [-0.25, -0.2) is 4.79 Å². The maximum atomic E-state index is 11.8. The summed E-state index contributed by atoms with van der Waals surface area (Å²) in [6.07, 6.45) is 2.38. The summed E-state index contributed by atoms with van der Waals surface area (Å²) in [4.78, 5) is 14.1. The molecule has 0 saturated heterocycles. The summed E-state index contributed by atoms with van der Waals surface area (Å²) < 4.78 is 4.82. The van der Waals surface area contributed by atoms with Crippen molar-refractivity contribution in [2.45, 2.75) is 25.9 Å². The van der Waals surface area contributed by atoms with Crippen molar-refractivity contribution in [2.24, 2.45) is 0 Å². The number of nitrogens with zero attached hydrogens (tertiary/aromatic N) is 1. The van der Waals surface area contributed by atoms with E-state index in [2.05, 4.69) is 41.4 Å². The average molecular weight is 310 g/mol. The molecule has 0 amide bonds. The van der Waals surface area contributed by atoms with Crippen molar-refractivity contribution < 1.29 is 9.53 Å². The number of nitrogens with one attached hydrogen (secondary N) is 1. The first kappa shape index (κ1) is 15.4. The molecule has 120 valence electrons. The summed E-state index contributed by atoms with van der Waals surface area (Å²) in [6, 6.07) is 16.1. The molecular weight excluding hydrogens is 288 g/mol. The Balaban J connectivity index is 1.95. The quantitative estimate of drug-likeness (QED) is 0.840. The summed E-state index contributed by atoms with van der Waals surface area (Å²) in [5.74, 6) is -0.308. The van der Waals surface area contributed by atoms with E-state index < -0.39 is 0 Å². The molecule has 0 bridgehead atoms. The lowest BCUT2D eigenvalue weighted by Crippen LogP contribution is -2.28. The number of methoxy groups -OCH3 is 1. The summed E-state index contributed by atoms with van der Waals surface area (Å²) in [5.41, 5.74) is 3.92. The standard InChI is InChI=1S/C19H22N2O2/c1-3-4-12-21-17-11-10-15(19(22)23-2)13-16(17)20-18(21)14-8-6-5-7-9-14/h5-11,13,18,20H,3-4,12H2,1-2H3. The second-order valence-electron chi connectivity index (χ2n) is 5.73. The predicted octanol–water partition coefficient (Wildman–Crippen LogP) is 4.20. The third kappa shape index (κ3) is 3.02. The SMILES string of the molecule is CCCCN1c2ccc(C(=O)OC)cc2NC1c1ccccc1. The van der Waals surface area contributed by atoms with Gasteiger partial charge in [-0.15, -0.1) is 0 Å². The zero-order valence-corrected chi connectivity index (χ0v) is 13.6. The summed E-state index contributed by atoms with van der Waals surface area (Å²) in [5, 5.41) is 3.55. The van der Waals surface area contributed by atoms with E-state index in [-0.39, 0.29) is 12.1 Å². The zero-order valence-electron chi connectivity index (χ0n) is 13.6. The van der Waals surface area contributed by atoms with Crippen LogP contribution in [0.5, 0.6) is 0 Å². The summed E-state index contributed by atoms with van der Waals surface area (Å²) >= 11 is 0. The Kier molecular flexibility index (Phi) is 4.51. The van der Waals surface area contributed by atoms with E-state index in [4.69, 9.17) is 4.74 Å². The Labute approximate surface area is 137 Å². The van der Waals surface area contributed by atoms with E-state index in [0.717, 1.165) is 30.8 Å². The van der Waals surface area contributed by atoms with Gasteiger partial charge in [0.2, 0.25) is 0 Å². The normalized spacial score (nSPS) is 15.9. The minimum absolute atomic E-state index is 0.102. The van der Waals surface area contributed by atoms with Gasteiger partial charge in [-0.1, -0.05) is 43.7 Å². The van der Waals surface area contributed by atoms with Crippen molar-refractivity contribution in [2.75, 3.05) is 23.9 Å². The lowest BCUT2D eigenvalue weighted by molar-refractivity contribution is 0.0601. The number of anilines is 2. The van der Waals surface area contributed by atoms with Crippen LogP contribution in [0.25, 0.3) is 0 Å². The van der Waals surface area contributed by atoms with Crippen LogP contribution in [0.4, 0.5) is 11.4 Å². The average Bonchev–Trinajstić information content (AvgIpc) is 2.97. The number of esters is 1. The maximum absolute atomic E-state index is 11.8. The smallest absolute Gasteiger partial charge is 0.337 e. The third-order valence-electron chi connectivity index (χ3n) is 4.20. The van der Waals surface area contributed by atoms with Crippen molar-refractivity contribution in [3.05, 3.63) is 59.7 Å². The van der Waals surface area contributed by atoms with E-state index in [1.807, 2.05) is 24.3 Å². The van der Waals surface area contributed by atoms with E-state index in [9.17, 15) is 4.79 Å². The number of rotatable bonds is 5. The van der Waals surface area contributed by atoms with Crippen LogP contribution in [0.1, 0.15) is 41.9 Å². The van der Waals surface area contributed by atoms with E-state index in [1.54, 1.807) is 0 Å². The first-order valence-corrected chi connectivity index (χ1v) is 8.05. The van der Waals surface area contributed by atoms with Gasteiger partial charge in [0.15, 0.2) is 0 Å². The van der Waals surface area contributed by atoms with Crippen LogP contribution < -0.4 is 10.2 Å². The molecule has 1 aliphatic rings. The molecule has 0 spiro atoms.